The van der Waals surface area contributed by atoms with E-state index in [2.05, 4.69) is 23.7 Å². The molecule has 0 fully saturated rings. The van der Waals surface area contributed by atoms with E-state index in [-0.39, 0.29) is 5.82 Å². The maximum atomic E-state index is 13.5. The van der Waals surface area contributed by atoms with E-state index in [1.807, 2.05) is 0 Å². The van der Waals surface area contributed by atoms with Gasteiger partial charge in [0.05, 0.1) is 0 Å². The summed E-state index contributed by atoms with van der Waals surface area (Å²) in [5.41, 5.74) is 1.97. The molecule has 18 heavy (non-hydrogen) atoms. The van der Waals surface area contributed by atoms with Crippen LogP contribution in [0, 0.1) is 5.82 Å². The van der Waals surface area contributed by atoms with Gasteiger partial charge in [-0.05, 0) is 41.6 Å². The van der Waals surface area contributed by atoms with Gasteiger partial charge < -0.3 is 5.32 Å². The monoisotopic (exact) mass is 283 g/mol. The van der Waals surface area contributed by atoms with Gasteiger partial charge in [0.1, 0.15) is 5.82 Å². The molecular formula is C14H15ClFNS. The maximum absolute atomic E-state index is 13.5. The Morgan fingerprint density at radius 1 is 1.22 bits per heavy atom. The number of benzene rings is 1. The van der Waals surface area contributed by atoms with Gasteiger partial charge in [0, 0.05) is 28.6 Å². The molecule has 0 spiro atoms. The minimum atomic E-state index is -0.214. The number of hydrogen-bond acceptors (Lipinski definition) is 2. The van der Waals surface area contributed by atoms with E-state index < -0.39 is 0 Å². The van der Waals surface area contributed by atoms with Gasteiger partial charge in [-0.25, -0.2) is 4.39 Å². The highest BCUT2D eigenvalue weighted by molar-refractivity contribution is 7.10. The van der Waals surface area contributed by atoms with Crippen LogP contribution in [0.15, 0.2) is 29.6 Å². The summed E-state index contributed by atoms with van der Waals surface area (Å²) in [5.74, 6) is -0.214. The zero-order valence-electron chi connectivity index (χ0n) is 10.2. The number of hydrogen-bond donors (Lipinski definition) is 1. The van der Waals surface area contributed by atoms with Gasteiger partial charge in [-0.3, -0.25) is 0 Å². The van der Waals surface area contributed by atoms with Crippen molar-refractivity contribution in [1.29, 1.82) is 0 Å². The van der Waals surface area contributed by atoms with Gasteiger partial charge in [-0.1, -0.05) is 18.5 Å². The summed E-state index contributed by atoms with van der Waals surface area (Å²) in [5, 5.41) is 5.92. The predicted molar refractivity (Wildman–Crippen MR) is 75.7 cm³/mol. The Kier molecular flexibility index (Phi) is 4.75. The molecule has 0 radical (unpaired) electrons. The van der Waals surface area contributed by atoms with E-state index in [4.69, 9.17) is 11.6 Å². The Morgan fingerprint density at radius 2 is 2.06 bits per heavy atom. The predicted octanol–water partition coefficient (Wildman–Crippen LogP) is 4.39. The van der Waals surface area contributed by atoms with E-state index in [0.717, 1.165) is 13.0 Å². The van der Waals surface area contributed by atoms with Crippen LogP contribution in [0.5, 0.6) is 0 Å². The molecule has 1 aromatic carbocycles. The molecule has 1 aromatic heterocycles. The molecular weight excluding hydrogens is 269 g/mol. The Hall–Kier alpha value is -0.900. The highest BCUT2D eigenvalue weighted by Crippen LogP contribution is 2.18. The van der Waals surface area contributed by atoms with Crippen molar-refractivity contribution < 1.29 is 4.39 Å². The molecule has 2 rings (SSSR count). The molecule has 0 saturated carbocycles. The molecule has 1 N–H and O–H groups in total. The second-order valence-electron chi connectivity index (χ2n) is 4.06. The van der Waals surface area contributed by atoms with Gasteiger partial charge in [-0.15, -0.1) is 11.3 Å². The second-order valence-corrected chi connectivity index (χ2v) is 5.50. The molecule has 0 amide bonds. The van der Waals surface area contributed by atoms with Crippen molar-refractivity contribution in [3.63, 3.8) is 0 Å². The van der Waals surface area contributed by atoms with Crippen LogP contribution in [-0.4, -0.2) is 0 Å². The minimum absolute atomic E-state index is 0.214. The van der Waals surface area contributed by atoms with Crippen LogP contribution >= 0.6 is 22.9 Å². The number of halogens is 2. The number of aryl methyl sites for hydroxylation is 1. The van der Waals surface area contributed by atoms with E-state index in [9.17, 15) is 4.39 Å². The smallest absolute Gasteiger partial charge is 0.127 e. The molecule has 0 aliphatic carbocycles. The maximum Gasteiger partial charge on any atom is 0.127 e. The van der Waals surface area contributed by atoms with Crippen molar-refractivity contribution in [2.75, 3.05) is 0 Å². The fraction of sp³-hybridized carbons (Fsp3) is 0.286. The first-order chi connectivity index (χ1) is 8.70. The van der Waals surface area contributed by atoms with E-state index in [1.54, 1.807) is 23.5 Å². The third-order valence-electron chi connectivity index (χ3n) is 2.83. The lowest BCUT2D eigenvalue weighted by Crippen LogP contribution is -2.13. The lowest BCUT2D eigenvalue weighted by molar-refractivity contribution is 0.588. The quantitative estimate of drug-likeness (QED) is 0.858. The lowest BCUT2D eigenvalue weighted by atomic mass is 10.2. The highest BCUT2D eigenvalue weighted by atomic mass is 35.5. The van der Waals surface area contributed by atoms with Crippen molar-refractivity contribution in [3.05, 3.63) is 56.5 Å². The average molecular weight is 284 g/mol. The first-order valence-corrected chi connectivity index (χ1v) is 7.16. The molecule has 1 heterocycles. The van der Waals surface area contributed by atoms with E-state index in [0.29, 0.717) is 17.1 Å². The third kappa shape index (κ3) is 3.31. The zero-order chi connectivity index (χ0) is 13.0. The van der Waals surface area contributed by atoms with E-state index >= 15 is 0 Å². The molecule has 0 atom stereocenters. The zero-order valence-corrected chi connectivity index (χ0v) is 11.7. The van der Waals surface area contributed by atoms with Crippen molar-refractivity contribution in [2.45, 2.75) is 26.4 Å². The van der Waals surface area contributed by atoms with Gasteiger partial charge in [0.2, 0.25) is 0 Å². The summed E-state index contributed by atoms with van der Waals surface area (Å²) in [6, 6.07) is 6.78. The van der Waals surface area contributed by atoms with Crippen molar-refractivity contribution >= 4 is 22.9 Å². The van der Waals surface area contributed by atoms with Crippen LogP contribution in [-0.2, 0) is 19.5 Å². The lowest BCUT2D eigenvalue weighted by Gasteiger charge is -2.07. The van der Waals surface area contributed by atoms with Crippen LogP contribution in [0.3, 0.4) is 0 Å². The first-order valence-electron chi connectivity index (χ1n) is 5.90. The van der Waals surface area contributed by atoms with Crippen LogP contribution in [0.1, 0.15) is 22.9 Å². The largest absolute Gasteiger partial charge is 0.308 e. The van der Waals surface area contributed by atoms with Crippen LogP contribution < -0.4 is 5.32 Å². The molecule has 0 saturated heterocycles. The fourth-order valence-electron chi connectivity index (χ4n) is 1.83. The molecule has 0 unspecified atom stereocenters. The summed E-state index contributed by atoms with van der Waals surface area (Å²) in [6.07, 6.45) is 1.03. The van der Waals surface area contributed by atoms with Crippen LogP contribution in [0.25, 0.3) is 0 Å². The van der Waals surface area contributed by atoms with Gasteiger partial charge >= 0.3 is 0 Å². The third-order valence-corrected chi connectivity index (χ3v) is 4.03. The fourth-order valence-corrected chi connectivity index (χ4v) is 2.97. The standard InChI is InChI=1S/C14H15ClFNS/c1-2-10-5-6-18-14(10)9-17-8-11-7-12(15)3-4-13(11)16/h3-7,17H,2,8-9H2,1H3. The minimum Gasteiger partial charge on any atom is -0.308 e. The molecule has 96 valence electrons. The van der Waals surface area contributed by atoms with Crippen LogP contribution in [0.4, 0.5) is 4.39 Å². The topological polar surface area (TPSA) is 12.0 Å². The second kappa shape index (κ2) is 6.32. The molecule has 2 aromatic rings. The normalized spacial score (nSPS) is 10.8. The molecule has 0 aliphatic heterocycles. The van der Waals surface area contributed by atoms with Crippen molar-refractivity contribution in [1.82, 2.24) is 5.32 Å². The Morgan fingerprint density at radius 3 is 2.83 bits per heavy atom. The number of nitrogens with one attached hydrogen (secondary N) is 1. The summed E-state index contributed by atoms with van der Waals surface area (Å²) >= 11 is 7.58. The summed E-state index contributed by atoms with van der Waals surface area (Å²) in [7, 11) is 0. The average Bonchev–Trinajstić information content (AvgIpc) is 2.81. The van der Waals surface area contributed by atoms with Crippen molar-refractivity contribution in [3.8, 4) is 0 Å². The molecule has 0 aliphatic rings. The first kappa shape index (κ1) is 13.5. The number of rotatable bonds is 5. The van der Waals surface area contributed by atoms with Gasteiger partial charge in [-0.2, -0.15) is 0 Å². The van der Waals surface area contributed by atoms with Crippen molar-refractivity contribution in [2.24, 2.45) is 0 Å². The Labute approximate surface area is 116 Å². The number of thiophene rings is 1. The van der Waals surface area contributed by atoms with Crippen LogP contribution in [0.2, 0.25) is 5.02 Å². The highest BCUT2D eigenvalue weighted by Gasteiger charge is 2.05. The Balaban J connectivity index is 1.94. The van der Waals surface area contributed by atoms with Gasteiger partial charge in [0.25, 0.3) is 0 Å². The van der Waals surface area contributed by atoms with E-state index in [1.165, 1.54) is 16.5 Å². The summed E-state index contributed by atoms with van der Waals surface area (Å²) in [6.45, 7) is 3.41. The Bertz CT molecular complexity index is 524. The SMILES string of the molecule is CCc1ccsc1CNCc1cc(Cl)ccc1F. The molecule has 1 nitrogen and oxygen atoms in total. The molecule has 0 bridgehead atoms. The molecule has 4 heteroatoms. The summed E-state index contributed by atoms with van der Waals surface area (Å²) in [4.78, 5) is 1.32. The summed E-state index contributed by atoms with van der Waals surface area (Å²) < 4.78 is 13.5. The van der Waals surface area contributed by atoms with Gasteiger partial charge in [0.15, 0.2) is 0 Å².